The molecule has 76 valence electrons. The highest BCUT2D eigenvalue weighted by Gasteiger charge is 2.17. The Hall–Kier alpha value is -1.13. The Morgan fingerprint density at radius 2 is 2.43 bits per heavy atom. The first-order valence-corrected chi connectivity index (χ1v) is 4.98. The molecule has 4 heteroatoms. The van der Waals surface area contributed by atoms with Crippen molar-refractivity contribution in [3.05, 3.63) is 23.9 Å². The van der Waals surface area contributed by atoms with E-state index in [0.717, 1.165) is 25.5 Å². The summed E-state index contributed by atoms with van der Waals surface area (Å²) in [4.78, 5) is 4.29. The summed E-state index contributed by atoms with van der Waals surface area (Å²) in [5.41, 5.74) is 1.24. The van der Waals surface area contributed by atoms with Crippen LogP contribution in [0.3, 0.4) is 0 Å². The Balaban J connectivity index is 2.20. The van der Waals surface area contributed by atoms with Crippen molar-refractivity contribution in [2.45, 2.75) is 6.04 Å². The van der Waals surface area contributed by atoms with Gasteiger partial charge in [0.05, 0.1) is 0 Å². The molecular weight excluding hydrogens is 176 g/mol. The van der Waals surface area contributed by atoms with Gasteiger partial charge in [0.1, 0.15) is 5.82 Å². The molecule has 1 aliphatic heterocycles. The fraction of sp³-hybridized carbons (Fsp3) is 0.500. The lowest BCUT2D eigenvalue weighted by Crippen LogP contribution is -2.42. The molecule has 1 aliphatic rings. The van der Waals surface area contributed by atoms with Gasteiger partial charge in [0.15, 0.2) is 0 Å². The average molecular weight is 192 g/mol. The molecule has 0 aromatic carbocycles. The van der Waals surface area contributed by atoms with Crippen LogP contribution in [0, 0.1) is 0 Å². The predicted octanol–water partition coefficient (Wildman–Crippen LogP) is 0.357. The van der Waals surface area contributed by atoms with Gasteiger partial charge in [-0.1, -0.05) is 6.07 Å². The number of hydrogen-bond acceptors (Lipinski definition) is 4. The molecule has 2 heterocycles. The molecule has 1 fully saturated rings. The molecular formula is C10H16N4. The van der Waals surface area contributed by atoms with Gasteiger partial charge in [-0.05, 0) is 6.07 Å². The van der Waals surface area contributed by atoms with Crippen molar-refractivity contribution in [3.8, 4) is 0 Å². The summed E-state index contributed by atoms with van der Waals surface area (Å²) in [5, 5.41) is 9.95. The summed E-state index contributed by atoms with van der Waals surface area (Å²) >= 11 is 0. The van der Waals surface area contributed by atoms with E-state index in [1.54, 1.807) is 0 Å². The third kappa shape index (κ3) is 1.86. The van der Waals surface area contributed by atoms with E-state index in [1.165, 1.54) is 5.56 Å². The maximum Gasteiger partial charge on any atom is 0.130 e. The Bertz CT molecular complexity index is 294. The number of nitrogens with one attached hydrogen (secondary N) is 3. The normalized spacial score (nSPS) is 21.9. The van der Waals surface area contributed by atoms with Crippen LogP contribution in [0.15, 0.2) is 18.3 Å². The first-order chi connectivity index (χ1) is 6.92. The van der Waals surface area contributed by atoms with Gasteiger partial charge in [-0.25, -0.2) is 4.98 Å². The van der Waals surface area contributed by atoms with E-state index in [-0.39, 0.29) is 0 Å². The van der Waals surface area contributed by atoms with Crippen molar-refractivity contribution in [1.82, 2.24) is 15.6 Å². The Morgan fingerprint density at radius 1 is 1.50 bits per heavy atom. The van der Waals surface area contributed by atoms with Crippen LogP contribution in [0.25, 0.3) is 0 Å². The standard InChI is InChI=1S/C10H16N4/c1-11-10-8(3-2-4-14-10)9-7-12-5-6-13-9/h2-4,9,12-13H,5-7H2,1H3,(H,11,14)/t9-/m0/s1. The van der Waals surface area contributed by atoms with Crippen LogP contribution < -0.4 is 16.0 Å². The molecule has 4 nitrogen and oxygen atoms in total. The molecule has 1 aromatic rings. The summed E-state index contributed by atoms with van der Waals surface area (Å²) in [6.07, 6.45) is 1.81. The summed E-state index contributed by atoms with van der Waals surface area (Å²) < 4.78 is 0. The van der Waals surface area contributed by atoms with Crippen LogP contribution in [-0.4, -0.2) is 31.7 Å². The molecule has 0 bridgehead atoms. The minimum absolute atomic E-state index is 0.375. The van der Waals surface area contributed by atoms with Gasteiger partial charge in [0.25, 0.3) is 0 Å². The quantitative estimate of drug-likeness (QED) is 0.633. The third-order valence-electron chi connectivity index (χ3n) is 2.49. The molecule has 1 atom stereocenters. The molecule has 1 saturated heterocycles. The Labute approximate surface area is 84.1 Å². The maximum absolute atomic E-state index is 4.29. The zero-order chi connectivity index (χ0) is 9.80. The van der Waals surface area contributed by atoms with Crippen molar-refractivity contribution < 1.29 is 0 Å². The van der Waals surface area contributed by atoms with Crippen molar-refractivity contribution >= 4 is 5.82 Å². The predicted molar refractivity (Wildman–Crippen MR) is 57.4 cm³/mol. The lowest BCUT2D eigenvalue weighted by atomic mass is 10.1. The van der Waals surface area contributed by atoms with Gasteiger partial charge >= 0.3 is 0 Å². The van der Waals surface area contributed by atoms with Crippen molar-refractivity contribution in [3.63, 3.8) is 0 Å². The summed E-state index contributed by atoms with van der Waals surface area (Å²) in [6, 6.07) is 4.47. The van der Waals surface area contributed by atoms with Crippen LogP contribution in [-0.2, 0) is 0 Å². The third-order valence-corrected chi connectivity index (χ3v) is 2.49. The van der Waals surface area contributed by atoms with Gasteiger partial charge in [-0.15, -0.1) is 0 Å². The highest BCUT2D eigenvalue weighted by atomic mass is 15.1. The Kier molecular flexibility index (Phi) is 2.96. The molecule has 0 radical (unpaired) electrons. The maximum atomic E-state index is 4.29. The topological polar surface area (TPSA) is 49.0 Å². The average Bonchev–Trinajstić information content (AvgIpc) is 2.30. The molecule has 3 N–H and O–H groups in total. The second-order valence-electron chi connectivity index (χ2n) is 3.40. The van der Waals surface area contributed by atoms with Crippen molar-refractivity contribution in [2.75, 3.05) is 32.0 Å². The second kappa shape index (κ2) is 4.39. The number of rotatable bonds is 2. The zero-order valence-electron chi connectivity index (χ0n) is 8.38. The van der Waals surface area contributed by atoms with Crippen molar-refractivity contribution in [1.29, 1.82) is 0 Å². The first kappa shape index (κ1) is 9.43. The molecule has 0 aliphatic carbocycles. The summed E-state index contributed by atoms with van der Waals surface area (Å²) in [7, 11) is 1.90. The van der Waals surface area contributed by atoms with Gasteiger partial charge in [0.2, 0.25) is 0 Å². The lowest BCUT2D eigenvalue weighted by molar-refractivity contribution is 0.430. The van der Waals surface area contributed by atoms with Gasteiger partial charge < -0.3 is 16.0 Å². The molecule has 14 heavy (non-hydrogen) atoms. The van der Waals surface area contributed by atoms with Crippen LogP contribution in [0.2, 0.25) is 0 Å². The minimum atomic E-state index is 0.375. The summed E-state index contributed by atoms with van der Waals surface area (Å²) in [5.74, 6) is 0.966. The number of anilines is 1. The highest BCUT2D eigenvalue weighted by molar-refractivity contribution is 5.45. The number of piperazine rings is 1. The highest BCUT2D eigenvalue weighted by Crippen LogP contribution is 2.20. The molecule has 2 rings (SSSR count). The fourth-order valence-corrected chi connectivity index (χ4v) is 1.78. The van der Waals surface area contributed by atoms with Crippen LogP contribution in [0.1, 0.15) is 11.6 Å². The van der Waals surface area contributed by atoms with Gasteiger partial charge in [0, 0.05) is 44.5 Å². The van der Waals surface area contributed by atoms with E-state index < -0.39 is 0 Å². The minimum Gasteiger partial charge on any atom is -0.373 e. The molecule has 0 saturated carbocycles. The fourth-order valence-electron chi connectivity index (χ4n) is 1.78. The Morgan fingerprint density at radius 3 is 3.14 bits per heavy atom. The lowest BCUT2D eigenvalue weighted by Gasteiger charge is -2.25. The van der Waals surface area contributed by atoms with E-state index >= 15 is 0 Å². The number of nitrogens with zero attached hydrogens (tertiary/aromatic N) is 1. The van der Waals surface area contributed by atoms with Crippen LogP contribution >= 0.6 is 0 Å². The monoisotopic (exact) mass is 192 g/mol. The SMILES string of the molecule is CNc1ncccc1[C@@H]1CNCCN1. The number of pyridine rings is 1. The number of hydrogen-bond donors (Lipinski definition) is 3. The smallest absolute Gasteiger partial charge is 0.130 e. The molecule has 0 unspecified atom stereocenters. The molecule has 1 aromatic heterocycles. The first-order valence-electron chi connectivity index (χ1n) is 4.98. The van der Waals surface area contributed by atoms with E-state index in [2.05, 4.69) is 27.0 Å². The van der Waals surface area contributed by atoms with Crippen LogP contribution in [0.4, 0.5) is 5.82 Å². The zero-order valence-corrected chi connectivity index (χ0v) is 8.38. The van der Waals surface area contributed by atoms with Crippen LogP contribution in [0.5, 0.6) is 0 Å². The largest absolute Gasteiger partial charge is 0.373 e. The van der Waals surface area contributed by atoms with E-state index in [1.807, 2.05) is 19.3 Å². The number of aromatic nitrogens is 1. The van der Waals surface area contributed by atoms with E-state index in [4.69, 9.17) is 0 Å². The van der Waals surface area contributed by atoms with E-state index in [9.17, 15) is 0 Å². The molecule has 0 spiro atoms. The van der Waals surface area contributed by atoms with E-state index in [0.29, 0.717) is 6.04 Å². The summed E-state index contributed by atoms with van der Waals surface area (Å²) in [6.45, 7) is 3.04. The van der Waals surface area contributed by atoms with Crippen molar-refractivity contribution in [2.24, 2.45) is 0 Å². The van der Waals surface area contributed by atoms with Gasteiger partial charge in [-0.3, -0.25) is 0 Å². The second-order valence-corrected chi connectivity index (χ2v) is 3.40. The molecule has 0 amide bonds. The van der Waals surface area contributed by atoms with Gasteiger partial charge in [-0.2, -0.15) is 0 Å².